The molecule has 1 aliphatic rings. The molecule has 0 aromatic heterocycles. The van der Waals surface area contributed by atoms with Crippen molar-refractivity contribution in [1.82, 2.24) is 0 Å². The normalized spacial score (nSPS) is 24.0. The molecule has 4 heteroatoms. The standard InChI is InChI=1S/CH2O2S2/c1-4-2-3-5-1/h1H2. The van der Waals surface area contributed by atoms with Gasteiger partial charge >= 0.3 is 0 Å². The zero-order chi connectivity index (χ0) is 3.54. The first kappa shape index (κ1) is 3.80. The molecule has 0 N–H and O–H groups in total. The van der Waals surface area contributed by atoms with Crippen molar-refractivity contribution in [2.45, 2.75) is 0 Å². The smallest absolute Gasteiger partial charge is 0.0982 e. The van der Waals surface area contributed by atoms with Crippen LogP contribution in [0.15, 0.2) is 0 Å². The van der Waals surface area contributed by atoms with Gasteiger partial charge in [-0.1, -0.05) is 0 Å². The molecule has 0 spiro atoms. The largest absolute Gasteiger partial charge is 0.150 e. The number of hydrogen-bond acceptors (Lipinski definition) is 4. The van der Waals surface area contributed by atoms with Crippen molar-refractivity contribution in [1.29, 1.82) is 0 Å². The van der Waals surface area contributed by atoms with Gasteiger partial charge in [0.15, 0.2) is 0 Å². The molecule has 30 valence electrons. The van der Waals surface area contributed by atoms with Crippen molar-refractivity contribution in [2.75, 3.05) is 5.08 Å². The summed E-state index contributed by atoms with van der Waals surface area (Å²) in [5.41, 5.74) is 0. The Bertz CT molecular complexity index is 19.2. The van der Waals surface area contributed by atoms with E-state index in [0.29, 0.717) is 0 Å². The van der Waals surface area contributed by atoms with E-state index < -0.39 is 0 Å². The van der Waals surface area contributed by atoms with Crippen molar-refractivity contribution in [3.05, 3.63) is 0 Å². The lowest BCUT2D eigenvalue weighted by Crippen LogP contribution is -1.53. The number of rotatable bonds is 0. The third-order valence-electron chi connectivity index (χ3n) is 0.220. The van der Waals surface area contributed by atoms with E-state index in [1.807, 2.05) is 0 Å². The Hall–Kier alpha value is 0.620. The van der Waals surface area contributed by atoms with E-state index in [1.54, 1.807) is 0 Å². The van der Waals surface area contributed by atoms with Gasteiger partial charge in [-0.3, -0.25) is 0 Å². The summed E-state index contributed by atoms with van der Waals surface area (Å²) in [5.74, 6) is 0. The van der Waals surface area contributed by atoms with E-state index in [1.165, 1.54) is 24.1 Å². The second kappa shape index (κ2) is 1.92. The second-order valence-corrected chi connectivity index (χ2v) is 2.18. The maximum atomic E-state index is 4.32. The summed E-state index contributed by atoms with van der Waals surface area (Å²) in [4.78, 5) is 0. The minimum Gasteiger partial charge on any atom is -0.150 e. The summed E-state index contributed by atoms with van der Waals surface area (Å²) in [6.07, 6.45) is 0. The first-order chi connectivity index (χ1) is 2.50. The molecule has 1 aliphatic heterocycles. The van der Waals surface area contributed by atoms with Gasteiger partial charge in [0.2, 0.25) is 0 Å². The Morgan fingerprint density at radius 2 is 1.80 bits per heavy atom. The topological polar surface area (TPSA) is 18.5 Å². The van der Waals surface area contributed by atoms with Gasteiger partial charge in [-0.25, -0.2) is 0 Å². The fourth-order valence-corrected chi connectivity index (χ4v) is 0.884. The van der Waals surface area contributed by atoms with Crippen LogP contribution in [-0.4, -0.2) is 5.08 Å². The van der Waals surface area contributed by atoms with Crippen molar-refractivity contribution < 1.29 is 8.67 Å². The molecule has 0 bridgehead atoms. The van der Waals surface area contributed by atoms with Crippen LogP contribution in [0.2, 0.25) is 0 Å². The van der Waals surface area contributed by atoms with Crippen molar-refractivity contribution in [3.8, 4) is 0 Å². The molecule has 0 unspecified atom stereocenters. The van der Waals surface area contributed by atoms with E-state index >= 15 is 0 Å². The van der Waals surface area contributed by atoms with Crippen LogP contribution in [0.3, 0.4) is 0 Å². The van der Waals surface area contributed by atoms with Crippen LogP contribution in [0.25, 0.3) is 0 Å². The summed E-state index contributed by atoms with van der Waals surface area (Å²) in [7, 11) is 0. The van der Waals surface area contributed by atoms with Gasteiger partial charge in [0.25, 0.3) is 0 Å². The average Bonchev–Trinajstić information content (AvgIpc) is 1.76. The van der Waals surface area contributed by atoms with Crippen molar-refractivity contribution in [3.63, 3.8) is 0 Å². The second-order valence-electron chi connectivity index (χ2n) is 0.490. The predicted molar refractivity (Wildman–Crippen MR) is 22.2 cm³/mol. The molecule has 0 saturated carbocycles. The van der Waals surface area contributed by atoms with E-state index in [0.717, 1.165) is 5.08 Å². The molecular formula is CH2O2S2. The van der Waals surface area contributed by atoms with Crippen LogP contribution >= 0.6 is 24.1 Å². The first-order valence-electron chi connectivity index (χ1n) is 1.08. The third kappa shape index (κ3) is 1.00. The molecule has 5 heavy (non-hydrogen) atoms. The molecular weight excluding hydrogens is 108 g/mol. The van der Waals surface area contributed by atoms with Gasteiger partial charge in [0.1, 0.15) is 0 Å². The molecule has 0 amide bonds. The summed E-state index contributed by atoms with van der Waals surface area (Å²) < 4.78 is 8.65. The van der Waals surface area contributed by atoms with Gasteiger partial charge in [-0.05, 0) is 0 Å². The highest BCUT2D eigenvalue weighted by molar-refractivity contribution is 8.13. The van der Waals surface area contributed by atoms with Gasteiger partial charge in [-0.15, -0.1) is 8.67 Å². The average molecular weight is 110 g/mol. The van der Waals surface area contributed by atoms with Crippen molar-refractivity contribution >= 4 is 24.1 Å². The van der Waals surface area contributed by atoms with E-state index in [-0.39, 0.29) is 0 Å². The molecule has 0 aromatic rings. The van der Waals surface area contributed by atoms with Crippen molar-refractivity contribution in [2.24, 2.45) is 0 Å². The van der Waals surface area contributed by atoms with Crippen LogP contribution in [0.1, 0.15) is 0 Å². The van der Waals surface area contributed by atoms with Crippen LogP contribution in [0, 0.1) is 0 Å². The van der Waals surface area contributed by atoms with Gasteiger partial charge in [0, 0.05) is 24.1 Å². The lowest BCUT2D eigenvalue weighted by atomic mass is 11.9. The highest BCUT2D eigenvalue weighted by Gasteiger charge is 1.99. The lowest BCUT2D eigenvalue weighted by molar-refractivity contribution is -0.0457. The van der Waals surface area contributed by atoms with E-state index in [9.17, 15) is 0 Å². The first-order valence-corrected chi connectivity index (χ1v) is 2.90. The van der Waals surface area contributed by atoms with Crippen LogP contribution in [-0.2, 0) is 8.67 Å². The Morgan fingerprint density at radius 1 is 1.20 bits per heavy atom. The maximum Gasteiger partial charge on any atom is 0.0982 e. The highest BCUT2D eigenvalue weighted by Crippen LogP contribution is 2.24. The molecule has 1 fully saturated rings. The highest BCUT2D eigenvalue weighted by atomic mass is 32.2. The zero-order valence-corrected chi connectivity index (χ0v) is 3.97. The Morgan fingerprint density at radius 3 is 2.00 bits per heavy atom. The summed E-state index contributed by atoms with van der Waals surface area (Å²) in [6.45, 7) is 0. The molecule has 1 saturated heterocycles. The summed E-state index contributed by atoms with van der Waals surface area (Å²) >= 11 is 2.63. The van der Waals surface area contributed by atoms with Gasteiger partial charge in [-0.2, -0.15) is 0 Å². The fraction of sp³-hybridized carbons (Fsp3) is 1.00. The predicted octanol–water partition coefficient (Wildman–Crippen LogP) is 1.20. The Kier molecular flexibility index (Phi) is 1.46. The van der Waals surface area contributed by atoms with E-state index in [4.69, 9.17) is 0 Å². The molecule has 0 aliphatic carbocycles. The fourth-order valence-electron chi connectivity index (χ4n) is 0.0982. The lowest BCUT2D eigenvalue weighted by Gasteiger charge is -1.72. The summed E-state index contributed by atoms with van der Waals surface area (Å²) in [5, 5.41) is 0.889. The quantitative estimate of drug-likeness (QED) is 0.344. The monoisotopic (exact) mass is 110 g/mol. The van der Waals surface area contributed by atoms with E-state index in [2.05, 4.69) is 8.67 Å². The van der Waals surface area contributed by atoms with Gasteiger partial charge in [0.05, 0.1) is 5.08 Å². The summed E-state index contributed by atoms with van der Waals surface area (Å²) in [6, 6.07) is 0. The minimum atomic E-state index is 0.889. The minimum absolute atomic E-state index is 0.889. The molecule has 1 rings (SSSR count). The zero-order valence-electron chi connectivity index (χ0n) is 2.34. The molecule has 0 atom stereocenters. The van der Waals surface area contributed by atoms with Crippen LogP contribution < -0.4 is 0 Å². The maximum absolute atomic E-state index is 4.32. The number of hydrogen-bond donors (Lipinski definition) is 0. The van der Waals surface area contributed by atoms with Crippen LogP contribution in [0.5, 0.6) is 0 Å². The van der Waals surface area contributed by atoms with Gasteiger partial charge < -0.3 is 0 Å². The SMILES string of the molecule is C1SOOS1. The van der Waals surface area contributed by atoms with Crippen LogP contribution in [0.4, 0.5) is 0 Å². The Balaban J connectivity index is 2.08. The third-order valence-corrected chi connectivity index (χ3v) is 1.40. The molecule has 2 nitrogen and oxygen atoms in total. The Labute approximate surface area is 38.6 Å². The molecule has 0 aromatic carbocycles. The molecule has 1 heterocycles. The molecule has 0 radical (unpaired) electrons.